The largest absolute Gasteiger partial charge is 0.378 e. The van der Waals surface area contributed by atoms with Crippen LogP contribution in [0.1, 0.15) is 28.1 Å². The van der Waals surface area contributed by atoms with Crippen molar-refractivity contribution < 1.29 is 9.13 Å². The minimum atomic E-state index is -0.177. The molecule has 108 valence electrons. The second kappa shape index (κ2) is 7.47. The maximum Gasteiger partial charge on any atom is 0.126 e. The van der Waals surface area contributed by atoms with Gasteiger partial charge in [0.25, 0.3) is 0 Å². The molecule has 0 radical (unpaired) electrons. The van der Waals surface area contributed by atoms with E-state index in [1.807, 2.05) is 6.07 Å². The average molecular weight is 294 g/mol. The van der Waals surface area contributed by atoms with E-state index in [0.717, 1.165) is 23.8 Å². The first-order valence-electron chi connectivity index (χ1n) is 6.65. The molecule has 0 spiro atoms. The number of aromatic nitrogens is 1. The van der Waals surface area contributed by atoms with E-state index < -0.39 is 0 Å². The molecule has 2 aromatic rings. The summed E-state index contributed by atoms with van der Waals surface area (Å²) < 4.78 is 18.9. The summed E-state index contributed by atoms with van der Waals surface area (Å²) in [7, 11) is 1.66. The van der Waals surface area contributed by atoms with Crippen molar-refractivity contribution in [3.05, 3.63) is 51.2 Å². The van der Waals surface area contributed by atoms with Gasteiger partial charge in [0.05, 0.1) is 17.3 Å². The maximum absolute atomic E-state index is 13.7. The number of hydrogen-bond donors (Lipinski definition) is 1. The van der Waals surface area contributed by atoms with E-state index in [9.17, 15) is 4.39 Å². The fraction of sp³-hybridized carbons (Fsp3) is 0.400. The molecule has 1 aromatic heterocycles. The summed E-state index contributed by atoms with van der Waals surface area (Å²) in [5.41, 5.74) is 1.63. The molecule has 20 heavy (non-hydrogen) atoms. The van der Waals surface area contributed by atoms with Crippen molar-refractivity contribution in [1.29, 1.82) is 0 Å². The molecule has 0 fully saturated rings. The zero-order chi connectivity index (χ0) is 14.4. The lowest BCUT2D eigenvalue weighted by atomic mass is 10.1. The molecule has 0 saturated carbocycles. The number of nitrogens with zero attached hydrogens (tertiary/aromatic N) is 1. The van der Waals surface area contributed by atoms with Crippen LogP contribution in [0.15, 0.2) is 24.3 Å². The maximum atomic E-state index is 13.7. The molecule has 0 atom stereocenters. The van der Waals surface area contributed by atoms with E-state index in [-0.39, 0.29) is 5.82 Å². The van der Waals surface area contributed by atoms with Crippen molar-refractivity contribution in [2.45, 2.75) is 26.5 Å². The van der Waals surface area contributed by atoms with E-state index in [0.29, 0.717) is 18.6 Å². The van der Waals surface area contributed by atoms with Crippen LogP contribution in [0.5, 0.6) is 0 Å². The third-order valence-electron chi connectivity index (χ3n) is 2.94. The van der Waals surface area contributed by atoms with Crippen LogP contribution in [0.4, 0.5) is 4.39 Å². The molecule has 0 amide bonds. The molecule has 0 aliphatic rings. The van der Waals surface area contributed by atoms with Gasteiger partial charge in [0.1, 0.15) is 5.82 Å². The van der Waals surface area contributed by atoms with Crippen LogP contribution in [0.25, 0.3) is 0 Å². The Balaban J connectivity index is 2.17. The van der Waals surface area contributed by atoms with Crippen LogP contribution < -0.4 is 5.32 Å². The van der Waals surface area contributed by atoms with Gasteiger partial charge in [-0.25, -0.2) is 9.37 Å². The Morgan fingerprint density at radius 1 is 1.35 bits per heavy atom. The smallest absolute Gasteiger partial charge is 0.126 e. The Hall–Kier alpha value is -1.30. The van der Waals surface area contributed by atoms with Crippen molar-refractivity contribution in [2.75, 3.05) is 13.7 Å². The summed E-state index contributed by atoms with van der Waals surface area (Å²) in [6, 6.07) is 6.84. The van der Waals surface area contributed by atoms with E-state index >= 15 is 0 Å². The van der Waals surface area contributed by atoms with Crippen LogP contribution in [-0.4, -0.2) is 18.6 Å². The number of halogens is 1. The second-order valence-corrected chi connectivity index (χ2v) is 5.63. The first kappa shape index (κ1) is 15.1. The highest BCUT2D eigenvalue weighted by molar-refractivity contribution is 7.11. The first-order chi connectivity index (χ1) is 9.74. The van der Waals surface area contributed by atoms with Gasteiger partial charge in [-0.15, -0.1) is 11.3 Å². The van der Waals surface area contributed by atoms with Gasteiger partial charge in [0.15, 0.2) is 0 Å². The molecular formula is C15H19FN2OS. The van der Waals surface area contributed by atoms with Gasteiger partial charge in [-0.05, 0) is 18.2 Å². The first-order valence-corrected chi connectivity index (χ1v) is 7.46. The lowest BCUT2D eigenvalue weighted by Gasteiger charge is -2.00. The van der Waals surface area contributed by atoms with Crippen LogP contribution in [0.2, 0.25) is 0 Å². The minimum Gasteiger partial charge on any atom is -0.378 e. The van der Waals surface area contributed by atoms with Gasteiger partial charge in [-0.1, -0.05) is 25.1 Å². The standard InChI is InChI=1S/C15H19FN2OS/c1-3-17-9-14-13(10-19-2)18-15(20-14)8-11-6-4-5-7-12(11)16/h4-7,17H,3,8-10H2,1-2H3. The molecule has 3 nitrogen and oxygen atoms in total. The molecule has 0 aliphatic heterocycles. The number of rotatable bonds is 7. The highest BCUT2D eigenvalue weighted by Gasteiger charge is 2.12. The SMILES string of the molecule is CCNCc1sc(Cc2ccccc2F)nc1COC. The monoisotopic (exact) mass is 294 g/mol. The molecule has 1 N–H and O–H groups in total. The van der Waals surface area contributed by atoms with Gasteiger partial charge in [0.2, 0.25) is 0 Å². The summed E-state index contributed by atoms with van der Waals surface area (Å²) in [5, 5.41) is 4.22. The number of nitrogens with one attached hydrogen (secondary N) is 1. The lowest BCUT2D eigenvalue weighted by Crippen LogP contribution is -2.12. The van der Waals surface area contributed by atoms with Crippen LogP contribution in [-0.2, 0) is 24.3 Å². The fourth-order valence-electron chi connectivity index (χ4n) is 1.94. The van der Waals surface area contributed by atoms with E-state index in [1.54, 1.807) is 30.6 Å². The van der Waals surface area contributed by atoms with E-state index in [2.05, 4.69) is 17.2 Å². The van der Waals surface area contributed by atoms with Gasteiger partial charge in [-0.3, -0.25) is 0 Å². The Bertz CT molecular complexity index is 557. The number of thiazole rings is 1. The fourth-order valence-corrected chi connectivity index (χ4v) is 3.01. The summed E-state index contributed by atoms with van der Waals surface area (Å²) in [4.78, 5) is 5.74. The predicted octanol–water partition coefficient (Wildman–Crippen LogP) is 3.13. The zero-order valence-electron chi connectivity index (χ0n) is 11.8. The third kappa shape index (κ3) is 3.85. The van der Waals surface area contributed by atoms with Crippen LogP contribution >= 0.6 is 11.3 Å². The molecule has 1 heterocycles. The number of methoxy groups -OCH3 is 1. The van der Waals surface area contributed by atoms with Gasteiger partial charge < -0.3 is 10.1 Å². The van der Waals surface area contributed by atoms with Crippen molar-refractivity contribution in [1.82, 2.24) is 10.3 Å². The summed E-state index contributed by atoms with van der Waals surface area (Å²) >= 11 is 1.62. The zero-order valence-corrected chi connectivity index (χ0v) is 12.6. The highest BCUT2D eigenvalue weighted by Crippen LogP contribution is 2.23. The molecule has 5 heteroatoms. The molecule has 2 rings (SSSR count). The lowest BCUT2D eigenvalue weighted by molar-refractivity contribution is 0.181. The topological polar surface area (TPSA) is 34.2 Å². The predicted molar refractivity (Wildman–Crippen MR) is 79.4 cm³/mol. The molecule has 0 aliphatic carbocycles. The molecular weight excluding hydrogens is 275 g/mol. The van der Waals surface area contributed by atoms with Gasteiger partial charge in [-0.2, -0.15) is 0 Å². The second-order valence-electron chi connectivity index (χ2n) is 4.46. The Kier molecular flexibility index (Phi) is 5.64. The van der Waals surface area contributed by atoms with Gasteiger partial charge >= 0.3 is 0 Å². The van der Waals surface area contributed by atoms with E-state index in [4.69, 9.17) is 4.74 Å². The summed E-state index contributed by atoms with van der Waals surface area (Å²) in [6.45, 7) is 4.25. The summed E-state index contributed by atoms with van der Waals surface area (Å²) in [5.74, 6) is -0.177. The highest BCUT2D eigenvalue weighted by atomic mass is 32.1. The molecule has 0 saturated heterocycles. The normalized spacial score (nSPS) is 10.9. The van der Waals surface area contributed by atoms with Crippen molar-refractivity contribution >= 4 is 11.3 Å². The van der Waals surface area contributed by atoms with Crippen molar-refractivity contribution in [2.24, 2.45) is 0 Å². The quantitative estimate of drug-likeness (QED) is 0.852. The number of benzene rings is 1. The molecule has 0 bridgehead atoms. The molecule has 0 unspecified atom stereocenters. The summed E-state index contributed by atoms with van der Waals surface area (Å²) in [6.07, 6.45) is 0.528. The Morgan fingerprint density at radius 2 is 2.15 bits per heavy atom. The van der Waals surface area contributed by atoms with Crippen LogP contribution in [0.3, 0.4) is 0 Å². The Morgan fingerprint density at radius 3 is 2.85 bits per heavy atom. The number of hydrogen-bond acceptors (Lipinski definition) is 4. The van der Waals surface area contributed by atoms with Crippen molar-refractivity contribution in [3.8, 4) is 0 Å². The Labute approximate surface area is 122 Å². The van der Waals surface area contributed by atoms with E-state index in [1.165, 1.54) is 10.9 Å². The average Bonchev–Trinajstić information content (AvgIpc) is 2.81. The third-order valence-corrected chi connectivity index (χ3v) is 4.04. The van der Waals surface area contributed by atoms with Crippen LogP contribution in [0, 0.1) is 5.82 Å². The number of ether oxygens (including phenoxy) is 1. The molecule has 1 aromatic carbocycles. The van der Waals surface area contributed by atoms with Gasteiger partial charge in [0, 0.05) is 25.0 Å². The minimum absolute atomic E-state index is 0.177. The van der Waals surface area contributed by atoms with Crippen molar-refractivity contribution in [3.63, 3.8) is 0 Å².